The van der Waals surface area contributed by atoms with Gasteiger partial charge in [0.2, 0.25) is 5.96 Å². The monoisotopic (exact) mass is 217 g/mol. The van der Waals surface area contributed by atoms with E-state index in [0.29, 0.717) is 0 Å². The summed E-state index contributed by atoms with van der Waals surface area (Å²) in [5.41, 5.74) is 18.0. The molecule has 84 valence electrons. The smallest absolute Gasteiger partial charge is 0.223 e. The first-order chi connectivity index (χ1) is 7.65. The number of aliphatic imine (C=N–C) groups is 2. The molecular formula is C11H15N5. The van der Waals surface area contributed by atoms with Crippen LogP contribution in [0.1, 0.15) is 24.3 Å². The molecule has 1 aliphatic carbocycles. The number of nitrogens with zero attached hydrogens (tertiary/aromatic N) is 2. The summed E-state index contributed by atoms with van der Waals surface area (Å²) in [6.07, 6.45) is 2.58. The molecule has 5 nitrogen and oxygen atoms in total. The third-order valence-corrected chi connectivity index (χ3v) is 2.43. The number of hydrogen-bond donors (Lipinski definition) is 3. The Hall–Kier alpha value is -2.04. The quantitative estimate of drug-likeness (QED) is 0.504. The topological polar surface area (TPSA) is 103 Å². The molecule has 6 N–H and O–H groups in total. The molecule has 1 saturated carbocycles. The van der Waals surface area contributed by atoms with Crippen LogP contribution >= 0.6 is 0 Å². The van der Waals surface area contributed by atoms with E-state index in [2.05, 4.69) is 22.1 Å². The third-order valence-electron chi connectivity index (χ3n) is 2.43. The molecule has 0 atom stereocenters. The minimum absolute atomic E-state index is 0.0687. The van der Waals surface area contributed by atoms with Crippen molar-refractivity contribution in [2.75, 3.05) is 0 Å². The molecule has 2 rings (SSSR count). The van der Waals surface area contributed by atoms with Crippen LogP contribution in [-0.2, 0) is 0 Å². The van der Waals surface area contributed by atoms with Crippen LogP contribution in [0, 0.1) is 0 Å². The summed E-state index contributed by atoms with van der Waals surface area (Å²) in [5, 5.41) is 0. The van der Waals surface area contributed by atoms with Gasteiger partial charge >= 0.3 is 0 Å². The molecule has 1 aromatic carbocycles. The van der Waals surface area contributed by atoms with Gasteiger partial charge in [-0.2, -0.15) is 4.99 Å². The predicted octanol–water partition coefficient (Wildman–Crippen LogP) is 0.784. The second-order valence-corrected chi connectivity index (χ2v) is 3.87. The zero-order valence-electron chi connectivity index (χ0n) is 8.93. The molecule has 0 saturated heterocycles. The fraction of sp³-hybridized carbons (Fsp3) is 0.273. The van der Waals surface area contributed by atoms with Gasteiger partial charge < -0.3 is 17.2 Å². The predicted molar refractivity (Wildman–Crippen MR) is 65.5 cm³/mol. The molecule has 0 aliphatic heterocycles. The Bertz CT molecular complexity index is 424. The number of benzene rings is 1. The Morgan fingerprint density at radius 2 is 1.69 bits per heavy atom. The van der Waals surface area contributed by atoms with E-state index >= 15 is 0 Å². The van der Waals surface area contributed by atoms with Crippen molar-refractivity contribution in [2.24, 2.45) is 27.2 Å². The summed E-state index contributed by atoms with van der Waals surface area (Å²) < 4.78 is 0. The van der Waals surface area contributed by atoms with Crippen LogP contribution < -0.4 is 17.2 Å². The maximum absolute atomic E-state index is 5.52. The van der Waals surface area contributed by atoms with Gasteiger partial charge in [0.25, 0.3) is 0 Å². The molecule has 5 heteroatoms. The summed E-state index contributed by atoms with van der Waals surface area (Å²) in [7, 11) is 0. The summed E-state index contributed by atoms with van der Waals surface area (Å²) in [6, 6.07) is 7.98. The van der Waals surface area contributed by atoms with Gasteiger partial charge in [-0.05, 0) is 36.5 Å². The minimum Gasteiger partial charge on any atom is -0.370 e. The fourth-order valence-electron chi connectivity index (χ4n) is 1.53. The molecule has 0 bridgehead atoms. The van der Waals surface area contributed by atoms with Crippen LogP contribution in [0.15, 0.2) is 34.3 Å². The van der Waals surface area contributed by atoms with E-state index < -0.39 is 0 Å². The molecule has 1 fully saturated rings. The van der Waals surface area contributed by atoms with E-state index in [1.54, 1.807) is 0 Å². The van der Waals surface area contributed by atoms with Gasteiger partial charge in [0.05, 0.1) is 5.69 Å². The van der Waals surface area contributed by atoms with Crippen LogP contribution in [0.5, 0.6) is 0 Å². The van der Waals surface area contributed by atoms with Crippen molar-refractivity contribution in [1.82, 2.24) is 0 Å². The Morgan fingerprint density at radius 1 is 1.06 bits per heavy atom. The highest BCUT2D eigenvalue weighted by Gasteiger charge is 2.22. The molecule has 0 heterocycles. The lowest BCUT2D eigenvalue weighted by Crippen LogP contribution is -2.26. The van der Waals surface area contributed by atoms with Gasteiger partial charge in [-0.1, -0.05) is 12.1 Å². The molecular weight excluding hydrogens is 202 g/mol. The van der Waals surface area contributed by atoms with Crippen LogP contribution in [0.2, 0.25) is 0 Å². The second kappa shape index (κ2) is 4.22. The molecule has 0 amide bonds. The van der Waals surface area contributed by atoms with E-state index in [4.69, 9.17) is 17.2 Å². The van der Waals surface area contributed by atoms with Crippen LogP contribution in [0.4, 0.5) is 5.69 Å². The van der Waals surface area contributed by atoms with Crippen molar-refractivity contribution in [3.05, 3.63) is 29.8 Å². The van der Waals surface area contributed by atoms with Crippen LogP contribution in [0.25, 0.3) is 0 Å². The van der Waals surface area contributed by atoms with Gasteiger partial charge in [-0.3, -0.25) is 0 Å². The third kappa shape index (κ3) is 2.73. The lowest BCUT2D eigenvalue weighted by molar-refractivity contribution is 1.13. The highest BCUT2D eigenvalue weighted by atomic mass is 15.1. The molecule has 1 aromatic rings. The SMILES string of the molecule is NC(N)=NC(N)=Nc1ccc(C2CC2)cc1. The fourth-order valence-corrected chi connectivity index (χ4v) is 1.53. The number of rotatable bonds is 2. The summed E-state index contributed by atoms with van der Waals surface area (Å²) in [4.78, 5) is 7.71. The molecule has 1 aliphatic rings. The van der Waals surface area contributed by atoms with E-state index in [1.807, 2.05) is 12.1 Å². The van der Waals surface area contributed by atoms with Crippen molar-refractivity contribution in [2.45, 2.75) is 18.8 Å². The van der Waals surface area contributed by atoms with Crippen molar-refractivity contribution < 1.29 is 0 Å². The normalized spacial score (nSPS) is 15.9. The first kappa shape index (κ1) is 10.5. The number of nitrogens with two attached hydrogens (primary N) is 3. The average molecular weight is 217 g/mol. The van der Waals surface area contributed by atoms with Crippen LogP contribution in [0.3, 0.4) is 0 Å². The zero-order chi connectivity index (χ0) is 11.5. The second-order valence-electron chi connectivity index (χ2n) is 3.87. The molecule has 16 heavy (non-hydrogen) atoms. The molecule has 0 unspecified atom stereocenters. The number of hydrogen-bond acceptors (Lipinski definition) is 1. The maximum Gasteiger partial charge on any atom is 0.223 e. The average Bonchev–Trinajstić information content (AvgIpc) is 3.00. The lowest BCUT2D eigenvalue weighted by Gasteiger charge is -1.99. The summed E-state index contributed by atoms with van der Waals surface area (Å²) >= 11 is 0. The largest absolute Gasteiger partial charge is 0.370 e. The van der Waals surface area contributed by atoms with E-state index in [0.717, 1.165) is 11.6 Å². The van der Waals surface area contributed by atoms with Crippen LogP contribution in [-0.4, -0.2) is 11.9 Å². The Balaban J connectivity index is 2.12. The van der Waals surface area contributed by atoms with E-state index in [9.17, 15) is 0 Å². The Kier molecular flexibility index (Phi) is 2.76. The van der Waals surface area contributed by atoms with Gasteiger partial charge in [-0.15, -0.1) is 0 Å². The number of guanidine groups is 2. The van der Waals surface area contributed by atoms with E-state index in [1.165, 1.54) is 18.4 Å². The first-order valence-corrected chi connectivity index (χ1v) is 5.19. The zero-order valence-corrected chi connectivity index (χ0v) is 8.93. The molecule has 0 spiro atoms. The van der Waals surface area contributed by atoms with Crippen molar-refractivity contribution in [3.8, 4) is 0 Å². The standard InChI is InChI=1S/C11H15N5/c12-10(13)16-11(14)15-9-5-3-8(4-6-9)7-1-2-7/h3-7H,1-2H2,(H6,12,13,14,15,16). The van der Waals surface area contributed by atoms with Gasteiger partial charge in [-0.25, -0.2) is 4.99 Å². The van der Waals surface area contributed by atoms with Gasteiger partial charge in [0.1, 0.15) is 0 Å². The Morgan fingerprint density at radius 3 is 2.19 bits per heavy atom. The lowest BCUT2D eigenvalue weighted by atomic mass is 10.1. The van der Waals surface area contributed by atoms with Gasteiger partial charge in [0.15, 0.2) is 5.96 Å². The minimum atomic E-state index is -0.0872. The van der Waals surface area contributed by atoms with Gasteiger partial charge in [0, 0.05) is 0 Å². The summed E-state index contributed by atoms with van der Waals surface area (Å²) in [5.74, 6) is 0.725. The summed E-state index contributed by atoms with van der Waals surface area (Å²) in [6.45, 7) is 0. The molecule has 0 radical (unpaired) electrons. The highest BCUT2D eigenvalue weighted by Crippen LogP contribution is 2.40. The molecule has 0 aromatic heterocycles. The van der Waals surface area contributed by atoms with Crippen molar-refractivity contribution in [3.63, 3.8) is 0 Å². The van der Waals surface area contributed by atoms with Crippen molar-refractivity contribution in [1.29, 1.82) is 0 Å². The first-order valence-electron chi connectivity index (χ1n) is 5.19. The highest BCUT2D eigenvalue weighted by molar-refractivity contribution is 5.93. The maximum atomic E-state index is 5.52. The Labute approximate surface area is 94.1 Å². The van der Waals surface area contributed by atoms with E-state index in [-0.39, 0.29) is 11.9 Å². The van der Waals surface area contributed by atoms with Crippen molar-refractivity contribution >= 4 is 17.6 Å².